The van der Waals surface area contributed by atoms with Gasteiger partial charge in [0.05, 0.1) is 11.6 Å². The Morgan fingerprint density at radius 1 is 1.43 bits per heavy atom. The number of halogens is 2. The third-order valence-electron chi connectivity index (χ3n) is 3.51. The molecule has 2 rings (SSSR count). The van der Waals surface area contributed by atoms with Gasteiger partial charge in [-0.1, -0.05) is 0 Å². The molecule has 0 bridgehead atoms. The molecule has 0 aromatic heterocycles. The van der Waals surface area contributed by atoms with Crippen LogP contribution < -0.4 is 15.8 Å². The zero-order valence-electron chi connectivity index (χ0n) is 12.2. The lowest BCUT2D eigenvalue weighted by Gasteiger charge is -2.30. The van der Waals surface area contributed by atoms with Gasteiger partial charge in [0.15, 0.2) is 0 Å². The van der Waals surface area contributed by atoms with Gasteiger partial charge in [0, 0.05) is 30.7 Å². The summed E-state index contributed by atoms with van der Waals surface area (Å²) in [6.07, 6.45) is 1.94. The Kier molecular flexibility index (Phi) is 4.46. The molecular formula is C15H20F2N2O2. The van der Waals surface area contributed by atoms with Crippen molar-refractivity contribution in [2.24, 2.45) is 5.73 Å². The number of amides is 1. The average Bonchev–Trinajstić information content (AvgIpc) is 3.10. The van der Waals surface area contributed by atoms with Gasteiger partial charge in [-0.3, -0.25) is 4.79 Å². The summed E-state index contributed by atoms with van der Waals surface area (Å²) in [5.74, 6) is -1.77. The van der Waals surface area contributed by atoms with Gasteiger partial charge in [0.2, 0.25) is 5.91 Å². The zero-order valence-corrected chi connectivity index (χ0v) is 12.2. The van der Waals surface area contributed by atoms with Crippen molar-refractivity contribution >= 4 is 5.91 Å². The Balaban J connectivity index is 2.01. The maximum Gasteiger partial charge on any atom is 0.237 e. The van der Waals surface area contributed by atoms with Crippen LogP contribution in [0.15, 0.2) is 18.2 Å². The smallest absolute Gasteiger partial charge is 0.237 e. The highest BCUT2D eigenvalue weighted by atomic mass is 19.1. The molecule has 1 amide bonds. The van der Waals surface area contributed by atoms with E-state index in [4.69, 9.17) is 10.5 Å². The average molecular weight is 298 g/mol. The molecule has 1 aliphatic rings. The number of hydrogen-bond acceptors (Lipinski definition) is 3. The summed E-state index contributed by atoms with van der Waals surface area (Å²) < 4.78 is 31.7. The highest BCUT2D eigenvalue weighted by molar-refractivity contribution is 5.84. The third-order valence-corrected chi connectivity index (χ3v) is 3.51. The molecule has 0 heterocycles. The molecule has 1 aromatic rings. The van der Waals surface area contributed by atoms with Crippen molar-refractivity contribution < 1.29 is 18.3 Å². The fourth-order valence-electron chi connectivity index (χ4n) is 2.35. The first-order valence-corrected chi connectivity index (χ1v) is 6.99. The Morgan fingerprint density at radius 3 is 2.48 bits per heavy atom. The molecule has 116 valence electrons. The minimum atomic E-state index is -0.896. The number of primary amides is 1. The number of carbonyl (C=O) groups excluding carboxylic acids is 1. The lowest BCUT2D eigenvalue weighted by Crippen LogP contribution is -2.55. The van der Waals surface area contributed by atoms with Crippen LogP contribution in [0.3, 0.4) is 0 Å². The molecular weight excluding hydrogens is 278 g/mol. The SMILES string of the molecule is CC(CC(C)(NC1CC1)C(N)=O)Oc1cc(F)cc(F)c1. The van der Waals surface area contributed by atoms with Gasteiger partial charge in [0.25, 0.3) is 0 Å². The number of nitrogens with two attached hydrogens (primary N) is 1. The molecule has 2 unspecified atom stereocenters. The summed E-state index contributed by atoms with van der Waals surface area (Å²) in [5, 5.41) is 3.20. The summed E-state index contributed by atoms with van der Waals surface area (Å²) in [4.78, 5) is 11.7. The van der Waals surface area contributed by atoms with Gasteiger partial charge in [-0.2, -0.15) is 0 Å². The molecule has 4 nitrogen and oxygen atoms in total. The Morgan fingerprint density at radius 2 is 2.00 bits per heavy atom. The summed E-state index contributed by atoms with van der Waals surface area (Å²) in [6.45, 7) is 3.46. The standard InChI is InChI=1S/C15H20F2N2O2/c1-9(21-13-6-10(16)5-11(17)7-13)8-15(2,14(18)20)19-12-3-4-12/h5-7,9,12,19H,3-4,8H2,1-2H3,(H2,18,20). The lowest BCUT2D eigenvalue weighted by atomic mass is 9.93. The Hall–Kier alpha value is -1.69. The van der Waals surface area contributed by atoms with E-state index in [2.05, 4.69) is 5.32 Å². The molecule has 1 aliphatic carbocycles. The molecule has 3 N–H and O–H groups in total. The second kappa shape index (κ2) is 5.97. The normalized spacial score (nSPS) is 18.9. The van der Waals surface area contributed by atoms with Crippen LogP contribution in [-0.2, 0) is 4.79 Å². The largest absolute Gasteiger partial charge is 0.490 e. The van der Waals surface area contributed by atoms with Crippen LogP contribution in [0.5, 0.6) is 5.75 Å². The van der Waals surface area contributed by atoms with Crippen LogP contribution >= 0.6 is 0 Å². The van der Waals surface area contributed by atoms with Gasteiger partial charge in [-0.05, 0) is 26.7 Å². The van der Waals surface area contributed by atoms with Gasteiger partial charge < -0.3 is 15.8 Å². The van der Waals surface area contributed by atoms with Crippen molar-refractivity contribution in [3.05, 3.63) is 29.8 Å². The van der Waals surface area contributed by atoms with Crippen LogP contribution in [0.25, 0.3) is 0 Å². The molecule has 6 heteroatoms. The number of nitrogens with one attached hydrogen (secondary N) is 1. The second-order valence-corrected chi connectivity index (χ2v) is 5.85. The lowest BCUT2D eigenvalue weighted by molar-refractivity contribution is -0.124. The highest BCUT2D eigenvalue weighted by Crippen LogP contribution is 2.26. The van der Waals surface area contributed by atoms with Gasteiger partial charge >= 0.3 is 0 Å². The van der Waals surface area contributed by atoms with E-state index in [0.717, 1.165) is 31.0 Å². The van der Waals surface area contributed by atoms with Crippen LogP contribution in [0.1, 0.15) is 33.1 Å². The van der Waals surface area contributed by atoms with Crippen LogP contribution in [0.2, 0.25) is 0 Å². The predicted molar refractivity (Wildman–Crippen MR) is 74.8 cm³/mol. The van der Waals surface area contributed by atoms with Gasteiger partial charge in [0.1, 0.15) is 17.4 Å². The molecule has 0 radical (unpaired) electrons. The van der Waals surface area contributed by atoms with E-state index in [9.17, 15) is 13.6 Å². The number of ether oxygens (including phenoxy) is 1. The summed E-state index contributed by atoms with van der Waals surface area (Å²) in [5.41, 5.74) is 4.56. The molecule has 2 atom stereocenters. The second-order valence-electron chi connectivity index (χ2n) is 5.85. The quantitative estimate of drug-likeness (QED) is 0.810. The van der Waals surface area contributed by atoms with E-state index in [1.165, 1.54) is 0 Å². The minimum Gasteiger partial charge on any atom is -0.490 e. The van der Waals surface area contributed by atoms with E-state index < -0.39 is 29.2 Å². The fraction of sp³-hybridized carbons (Fsp3) is 0.533. The first-order chi connectivity index (χ1) is 9.78. The summed E-state index contributed by atoms with van der Waals surface area (Å²) in [7, 11) is 0. The number of rotatable bonds is 7. The maximum absolute atomic E-state index is 13.1. The summed E-state index contributed by atoms with van der Waals surface area (Å²) >= 11 is 0. The number of benzene rings is 1. The Labute approximate surface area is 122 Å². The molecule has 0 spiro atoms. The van der Waals surface area contributed by atoms with E-state index >= 15 is 0 Å². The van der Waals surface area contributed by atoms with Crippen molar-refractivity contribution in [2.75, 3.05) is 0 Å². The minimum absolute atomic E-state index is 0.0956. The topological polar surface area (TPSA) is 64.3 Å². The van der Waals surface area contributed by atoms with E-state index in [-0.39, 0.29) is 5.75 Å². The fourth-order valence-corrected chi connectivity index (χ4v) is 2.35. The molecule has 0 aliphatic heterocycles. The van der Waals surface area contributed by atoms with Crippen molar-refractivity contribution in [1.82, 2.24) is 5.32 Å². The van der Waals surface area contributed by atoms with E-state index in [1.54, 1.807) is 13.8 Å². The van der Waals surface area contributed by atoms with Crippen molar-refractivity contribution in [3.63, 3.8) is 0 Å². The van der Waals surface area contributed by atoms with Gasteiger partial charge in [-0.25, -0.2) is 8.78 Å². The highest BCUT2D eigenvalue weighted by Gasteiger charge is 2.38. The third kappa shape index (κ3) is 4.39. The monoisotopic (exact) mass is 298 g/mol. The molecule has 21 heavy (non-hydrogen) atoms. The molecule has 0 saturated heterocycles. The van der Waals surface area contributed by atoms with Crippen LogP contribution in [0, 0.1) is 11.6 Å². The zero-order chi connectivity index (χ0) is 15.6. The van der Waals surface area contributed by atoms with Crippen LogP contribution in [-0.4, -0.2) is 23.6 Å². The van der Waals surface area contributed by atoms with Crippen LogP contribution in [0.4, 0.5) is 8.78 Å². The Bertz CT molecular complexity index is 514. The van der Waals surface area contributed by atoms with Crippen molar-refractivity contribution in [1.29, 1.82) is 0 Å². The molecule has 1 saturated carbocycles. The molecule has 1 fully saturated rings. The first kappa shape index (κ1) is 15.7. The first-order valence-electron chi connectivity index (χ1n) is 6.99. The van der Waals surface area contributed by atoms with Gasteiger partial charge in [-0.15, -0.1) is 0 Å². The van der Waals surface area contributed by atoms with E-state index in [1.807, 2.05) is 0 Å². The van der Waals surface area contributed by atoms with Crippen molar-refractivity contribution in [2.45, 2.75) is 50.8 Å². The maximum atomic E-state index is 13.1. The van der Waals surface area contributed by atoms with E-state index in [0.29, 0.717) is 12.5 Å². The number of carbonyl (C=O) groups is 1. The number of hydrogen-bond donors (Lipinski definition) is 2. The van der Waals surface area contributed by atoms with Crippen molar-refractivity contribution in [3.8, 4) is 5.75 Å². The predicted octanol–water partition coefficient (Wildman–Crippen LogP) is 2.12. The summed E-state index contributed by atoms with van der Waals surface area (Å²) in [6, 6.07) is 3.30. The molecule has 1 aromatic carbocycles.